The van der Waals surface area contributed by atoms with E-state index < -0.39 is 15.6 Å². The molecule has 7 nitrogen and oxygen atoms in total. The molecule has 0 fully saturated rings. The van der Waals surface area contributed by atoms with Crippen LogP contribution in [0.15, 0.2) is 18.2 Å². The first-order valence-corrected chi connectivity index (χ1v) is 9.24. The Morgan fingerprint density at radius 2 is 2.09 bits per heavy atom. The number of nitrogens with zero attached hydrogens (tertiary/aromatic N) is 2. The molecular formula is C15H22N4O3S. The first-order valence-electron chi connectivity index (χ1n) is 7.11. The summed E-state index contributed by atoms with van der Waals surface area (Å²) >= 11 is 0. The summed E-state index contributed by atoms with van der Waals surface area (Å²) in [7, 11) is -2.74. The number of fused-ring (bicyclic) bond motifs is 1. The number of benzene rings is 1. The number of aromatic nitrogens is 2. The molecule has 0 radical (unpaired) electrons. The summed E-state index contributed by atoms with van der Waals surface area (Å²) in [5, 5.41) is 4.97. The number of ether oxygens (including phenoxy) is 1. The van der Waals surface area contributed by atoms with E-state index in [9.17, 15) is 9.00 Å². The lowest BCUT2D eigenvalue weighted by Gasteiger charge is -2.18. The van der Waals surface area contributed by atoms with Crippen LogP contribution in [0.1, 0.15) is 31.3 Å². The molecule has 1 atom stereocenters. The first-order chi connectivity index (χ1) is 10.5. The Labute approximate surface area is 135 Å². The zero-order valence-corrected chi connectivity index (χ0v) is 14.6. The summed E-state index contributed by atoms with van der Waals surface area (Å²) in [6.45, 7) is 6.80. The van der Waals surface area contributed by atoms with Gasteiger partial charge in [0.05, 0.1) is 15.2 Å². The molecule has 1 aromatic heterocycles. The van der Waals surface area contributed by atoms with Gasteiger partial charge in [0.2, 0.25) is 0 Å². The van der Waals surface area contributed by atoms with Crippen molar-refractivity contribution in [2.45, 2.75) is 27.3 Å². The maximum absolute atomic E-state index is 11.6. The predicted octanol–water partition coefficient (Wildman–Crippen LogP) is 2.19. The van der Waals surface area contributed by atoms with E-state index in [1.165, 1.54) is 6.26 Å². The minimum absolute atomic E-state index is 0.0380. The normalized spacial score (nSPS) is 14.6. The summed E-state index contributed by atoms with van der Waals surface area (Å²) in [4.78, 5) is 11.6. The molecule has 1 heterocycles. The number of nitrogens with one attached hydrogen (secondary N) is 1. The molecule has 2 aromatic rings. The van der Waals surface area contributed by atoms with Crippen LogP contribution in [0.5, 0.6) is 5.75 Å². The molecule has 1 aromatic carbocycles. The SMILES string of the molecule is CC(C)(C)Cn1nc(C(N)=O)c2ccc(OCS(C)(=N)=O)cc21. The van der Waals surface area contributed by atoms with Crippen molar-refractivity contribution in [2.24, 2.45) is 11.1 Å². The standard InChI is InChI=1S/C15H22N4O3S/c1-15(2,3)8-19-12-7-10(22-9-23(4,17)21)5-6-11(12)13(18-19)14(16)20/h5-7,17H,8-9H2,1-4H3,(H2,16,20). The van der Waals surface area contributed by atoms with Gasteiger partial charge in [-0.25, -0.2) is 4.21 Å². The van der Waals surface area contributed by atoms with Crippen molar-refractivity contribution in [1.29, 1.82) is 4.78 Å². The first kappa shape index (κ1) is 17.3. The van der Waals surface area contributed by atoms with Crippen LogP contribution < -0.4 is 10.5 Å². The van der Waals surface area contributed by atoms with Gasteiger partial charge in [0.25, 0.3) is 5.91 Å². The van der Waals surface area contributed by atoms with Crippen LogP contribution in [0.3, 0.4) is 0 Å². The van der Waals surface area contributed by atoms with Crippen molar-refractivity contribution in [2.75, 3.05) is 12.2 Å². The number of primary amides is 1. The highest BCUT2D eigenvalue weighted by atomic mass is 32.2. The third-order valence-corrected chi connectivity index (χ3v) is 3.60. The quantitative estimate of drug-likeness (QED) is 0.870. The van der Waals surface area contributed by atoms with E-state index in [2.05, 4.69) is 25.9 Å². The van der Waals surface area contributed by atoms with Crippen molar-refractivity contribution in [3.63, 3.8) is 0 Å². The van der Waals surface area contributed by atoms with Crippen LogP contribution in [0.2, 0.25) is 0 Å². The summed E-state index contributed by atoms with van der Waals surface area (Å²) in [6, 6.07) is 5.09. The highest BCUT2D eigenvalue weighted by Gasteiger charge is 2.19. The third-order valence-electron chi connectivity index (χ3n) is 3.03. The summed E-state index contributed by atoms with van der Waals surface area (Å²) < 4.78 is 26.0. The number of hydrogen-bond acceptors (Lipinski definition) is 5. The molecule has 0 bridgehead atoms. The largest absolute Gasteiger partial charge is 0.479 e. The molecular weight excluding hydrogens is 316 g/mol. The summed E-state index contributed by atoms with van der Waals surface area (Å²) in [5.41, 5.74) is 6.30. The maximum atomic E-state index is 11.6. The Morgan fingerprint density at radius 3 is 2.61 bits per heavy atom. The number of carbonyl (C=O) groups excluding carboxylic acids is 1. The summed E-state index contributed by atoms with van der Waals surface area (Å²) in [5.74, 6) is -0.293. The molecule has 8 heteroatoms. The second-order valence-electron chi connectivity index (χ2n) is 6.88. The van der Waals surface area contributed by atoms with Crippen LogP contribution in [0.25, 0.3) is 10.9 Å². The number of rotatable bonds is 5. The van der Waals surface area contributed by atoms with Gasteiger partial charge in [0.1, 0.15) is 5.75 Å². The molecule has 0 aliphatic heterocycles. The van der Waals surface area contributed by atoms with Crippen LogP contribution in [0.4, 0.5) is 0 Å². The fourth-order valence-electron chi connectivity index (χ4n) is 2.18. The Morgan fingerprint density at radius 1 is 1.43 bits per heavy atom. The van der Waals surface area contributed by atoms with Crippen LogP contribution in [-0.4, -0.2) is 32.1 Å². The Bertz CT molecular complexity index is 847. The molecule has 0 aliphatic rings. The Kier molecular flexibility index (Phi) is 4.39. The maximum Gasteiger partial charge on any atom is 0.269 e. The van der Waals surface area contributed by atoms with Crippen molar-refractivity contribution in [3.8, 4) is 5.75 Å². The van der Waals surface area contributed by atoms with Gasteiger partial charge in [-0.2, -0.15) is 5.10 Å². The molecule has 1 amide bonds. The molecule has 0 aliphatic carbocycles. The fourth-order valence-corrected chi connectivity index (χ4v) is 2.54. The second kappa shape index (κ2) is 5.84. The predicted molar refractivity (Wildman–Crippen MR) is 90.0 cm³/mol. The molecule has 0 saturated heterocycles. The average Bonchev–Trinajstić information content (AvgIpc) is 2.72. The Balaban J connectivity index is 2.49. The van der Waals surface area contributed by atoms with Gasteiger partial charge in [0.15, 0.2) is 11.6 Å². The minimum atomic E-state index is -2.74. The van der Waals surface area contributed by atoms with E-state index >= 15 is 0 Å². The second-order valence-corrected chi connectivity index (χ2v) is 9.12. The van der Waals surface area contributed by atoms with Crippen molar-refractivity contribution in [1.82, 2.24) is 9.78 Å². The number of nitrogens with two attached hydrogens (primary N) is 1. The van der Waals surface area contributed by atoms with Gasteiger partial charge in [-0.1, -0.05) is 20.8 Å². The third kappa shape index (κ3) is 4.44. The van der Waals surface area contributed by atoms with E-state index in [1.807, 2.05) is 0 Å². The number of hydrogen-bond donors (Lipinski definition) is 2. The van der Waals surface area contributed by atoms with Crippen LogP contribution >= 0.6 is 0 Å². The van der Waals surface area contributed by atoms with Gasteiger partial charge >= 0.3 is 0 Å². The van der Waals surface area contributed by atoms with Gasteiger partial charge in [-0.15, -0.1) is 0 Å². The minimum Gasteiger partial charge on any atom is -0.479 e. The van der Waals surface area contributed by atoms with Crippen LogP contribution in [0, 0.1) is 10.2 Å². The molecule has 0 saturated carbocycles. The zero-order valence-electron chi connectivity index (χ0n) is 13.8. The van der Waals surface area contributed by atoms with E-state index in [1.54, 1.807) is 22.9 Å². The lowest BCUT2D eigenvalue weighted by Crippen LogP contribution is -2.18. The molecule has 23 heavy (non-hydrogen) atoms. The molecule has 2 rings (SSSR count). The average molecular weight is 338 g/mol. The van der Waals surface area contributed by atoms with Gasteiger partial charge in [-0.3, -0.25) is 14.3 Å². The van der Waals surface area contributed by atoms with Crippen molar-refractivity contribution in [3.05, 3.63) is 23.9 Å². The van der Waals surface area contributed by atoms with Gasteiger partial charge < -0.3 is 10.5 Å². The zero-order chi connectivity index (χ0) is 17.4. The monoisotopic (exact) mass is 338 g/mol. The highest BCUT2D eigenvalue weighted by molar-refractivity contribution is 7.91. The lowest BCUT2D eigenvalue weighted by molar-refractivity contribution is 0.0995. The van der Waals surface area contributed by atoms with E-state index in [4.69, 9.17) is 15.3 Å². The molecule has 1 unspecified atom stereocenters. The van der Waals surface area contributed by atoms with Crippen molar-refractivity contribution >= 4 is 26.5 Å². The van der Waals surface area contributed by atoms with Gasteiger partial charge in [-0.05, 0) is 17.5 Å². The van der Waals surface area contributed by atoms with Crippen molar-refractivity contribution < 1.29 is 13.7 Å². The molecule has 0 spiro atoms. The van der Waals surface area contributed by atoms with E-state index in [0.717, 1.165) is 5.52 Å². The van der Waals surface area contributed by atoms with E-state index in [-0.39, 0.29) is 17.0 Å². The lowest BCUT2D eigenvalue weighted by atomic mass is 9.97. The molecule has 126 valence electrons. The number of amides is 1. The van der Waals surface area contributed by atoms with Gasteiger partial charge in [0, 0.05) is 24.3 Å². The molecule has 3 N–H and O–H groups in total. The number of carbonyl (C=O) groups is 1. The smallest absolute Gasteiger partial charge is 0.269 e. The topological polar surface area (TPSA) is 111 Å². The van der Waals surface area contributed by atoms with E-state index in [0.29, 0.717) is 17.7 Å². The highest BCUT2D eigenvalue weighted by Crippen LogP contribution is 2.27. The Hall–Kier alpha value is -2.09. The van der Waals surface area contributed by atoms with Crippen LogP contribution in [-0.2, 0) is 16.3 Å². The summed E-state index contributed by atoms with van der Waals surface area (Å²) in [6.07, 6.45) is 1.32. The fraction of sp³-hybridized carbons (Fsp3) is 0.467.